The Morgan fingerprint density at radius 3 is 2.38 bits per heavy atom. The first kappa shape index (κ1) is 24.1. The monoisotopic (exact) mass is 497 g/mol. The summed E-state index contributed by atoms with van der Waals surface area (Å²) in [4.78, 5) is 42.5. The highest BCUT2D eigenvalue weighted by Crippen LogP contribution is 2.33. The molecule has 2 aromatic carbocycles. The Morgan fingerprint density at radius 1 is 0.973 bits per heavy atom. The number of hydrogen-bond donors (Lipinski definition) is 2. The number of carbonyl (C=O) groups is 3. The van der Waals surface area contributed by atoms with Gasteiger partial charge in [-0.25, -0.2) is 9.99 Å². The third kappa shape index (κ3) is 5.02. The molecule has 0 spiro atoms. The number of amides is 3. The van der Waals surface area contributed by atoms with Crippen molar-refractivity contribution in [2.45, 2.75) is 19.3 Å². The van der Waals surface area contributed by atoms with Crippen molar-refractivity contribution in [3.05, 3.63) is 85.2 Å². The molecular formula is C28H27N5O4. The number of nitrogens with one attached hydrogen (secondary N) is 2. The fraction of sp³-hybridized carbons (Fsp3) is 0.214. The molecule has 1 atom stereocenters. The third-order valence-electron chi connectivity index (χ3n) is 6.58. The molecule has 2 aliphatic rings. The normalized spacial score (nSPS) is 17.4. The van der Waals surface area contributed by atoms with Crippen LogP contribution in [-0.2, 0) is 14.4 Å². The van der Waals surface area contributed by atoms with E-state index in [-0.39, 0.29) is 17.7 Å². The summed E-state index contributed by atoms with van der Waals surface area (Å²) >= 11 is 0. The largest absolute Gasteiger partial charge is 0.457 e. The Morgan fingerprint density at radius 2 is 1.70 bits per heavy atom. The van der Waals surface area contributed by atoms with Crippen LogP contribution in [0.15, 0.2) is 85.2 Å². The fourth-order valence-corrected chi connectivity index (χ4v) is 4.26. The van der Waals surface area contributed by atoms with Crippen LogP contribution in [0.3, 0.4) is 0 Å². The summed E-state index contributed by atoms with van der Waals surface area (Å²) in [7, 11) is 1.70. The van der Waals surface area contributed by atoms with Crippen molar-refractivity contribution >= 4 is 34.9 Å². The number of ether oxygens (including phenoxy) is 1. The van der Waals surface area contributed by atoms with Crippen LogP contribution in [0.5, 0.6) is 11.5 Å². The van der Waals surface area contributed by atoms with Crippen molar-refractivity contribution in [1.29, 1.82) is 0 Å². The Kier molecular flexibility index (Phi) is 6.59. The summed E-state index contributed by atoms with van der Waals surface area (Å²) in [6, 6.07) is 19.3. The topological polar surface area (TPSA) is 104 Å². The summed E-state index contributed by atoms with van der Waals surface area (Å²) in [6.07, 6.45) is 4.48. The number of carbonyl (C=O) groups excluding carboxylic acids is 3. The maximum Gasteiger partial charge on any atom is 0.264 e. The van der Waals surface area contributed by atoms with Gasteiger partial charge in [0.2, 0.25) is 11.8 Å². The van der Waals surface area contributed by atoms with Gasteiger partial charge in [-0.15, -0.1) is 0 Å². The average Bonchev–Trinajstić information content (AvgIpc) is 3.07. The van der Waals surface area contributed by atoms with E-state index in [9.17, 15) is 14.4 Å². The van der Waals surface area contributed by atoms with E-state index in [4.69, 9.17) is 4.74 Å². The van der Waals surface area contributed by atoms with Gasteiger partial charge >= 0.3 is 0 Å². The first-order chi connectivity index (χ1) is 17.9. The minimum atomic E-state index is -1.04. The fourth-order valence-electron chi connectivity index (χ4n) is 4.26. The lowest BCUT2D eigenvalue weighted by Gasteiger charge is -2.25. The molecule has 1 saturated carbocycles. The molecule has 9 heteroatoms. The highest BCUT2D eigenvalue weighted by molar-refractivity contribution is 6.15. The van der Waals surface area contributed by atoms with Crippen molar-refractivity contribution in [1.82, 2.24) is 9.99 Å². The second-order valence-corrected chi connectivity index (χ2v) is 9.04. The second kappa shape index (κ2) is 10.1. The molecule has 0 bridgehead atoms. The lowest BCUT2D eigenvalue weighted by molar-refractivity contribution is -0.128. The number of hydrogen-bond acceptors (Lipinski definition) is 6. The van der Waals surface area contributed by atoms with E-state index in [1.54, 1.807) is 66.8 Å². The molecule has 2 fully saturated rings. The molecule has 1 unspecified atom stereocenters. The number of nitrogens with zero attached hydrogens (tertiary/aromatic N) is 3. The van der Waals surface area contributed by atoms with Gasteiger partial charge in [0.15, 0.2) is 5.92 Å². The Hall–Kier alpha value is -4.66. The van der Waals surface area contributed by atoms with Gasteiger partial charge in [-0.3, -0.25) is 19.4 Å². The van der Waals surface area contributed by atoms with Crippen molar-refractivity contribution in [2.24, 2.45) is 11.8 Å². The summed E-state index contributed by atoms with van der Waals surface area (Å²) in [5.41, 5.74) is 1.57. The van der Waals surface area contributed by atoms with E-state index in [0.717, 1.165) is 19.3 Å². The van der Waals surface area contributed by atoms with E-state index in [1.807, 2.05) is 18.2 Å². The smallest absolute Gasteiger partial charge is 0.264 e. The Bertz CT molecular complexity index is 1340. The summed E-state index contributed by atoms with van der Waals surface area (Å²) in [5, 5.41) is 8.67. The Labute approximate surface area is 214 Å². The molecule has 3 amide bonds. The first-order valence-corrected chi connectivity index (χ1v) is 12.1. The van der Waals surface area contributed by atoms with Crippen molar-refractivity contribution in [3.8, 4) is 11.5 Å². The molecule has 5 rings (SSSR count). The number of hydrazine groups is 1. The quantitative estimate of drug-likeness (QED) is 0.464. The van der Waals surface area contributed by atoms with Crippen LogP contribution >= 0.6 is 0 Å². The Balaban J connectivity index is 1.21. The zero-order valence-electron chi connectivity index (χ0n) is 20.4. The second-order valence-electron chi connectivity index (χ2n) is 9.04. The molecule has 1 saturated heterocycles. The molecule has 3 aromatic rings. The van der Waals surface area contributed by atoms with Gasteiger partial charge < -0.3 is 15.4 Å². The molecule has 2 heterocycles. The highest BCUT2D eigenvalue weighted by atomic mass is 16.5. The predicted molar refractivity (Wildman–Crippen MR) is 140 cm³/mol. The SMILES string of the molecule is C=C1C(C(=O)Nc2ccc(Oc3ccnc(NC(=O)C4CCC4)c3)cc2)C(=O)N(c2ccccc2)N1C. The molecule has 37 heavy (non-hydrogen) atoms. The lowest BCUT2D eigenvalue weighted by atomic mass is 9.85. The molecular weight excluding hydrogens is 470 g/mol. The van der Waals surface area contributed by atoms with Gasteiger partial charge in [0.1, 0.15) is 17.3 Å². The van der Waals surface area contributed by atoms with Gasteiger partial charge in [-0.1, -0.05) is 31.2 Å². The summed E-state index contributed by atoms with van der Waals surface area (Å²) in [6.45, 7) is 3.96. The molecule has 1 aromatic heterocycles. The molecule has 2 N–H and O–H groups in total. The van der Waals surface area contributed by atoms with Gasteiger partial charge in [0, 0.05) is 36.6 Å². The molecule has 1 aliphatic carbocycles. The van der Waals surface area contributed by atoms with Crippen molar-refractivity contribution < 1.29 is 19.1 Å². The maximum atomic E-state index is 13.1. The zero-order valence-corrected chi connectivity index (χ0v) is 20.4. The predicted octanol–water partition coefficient (Wildman–Crippen LogP) is 4.57. The van der Waals surface area contributed by atoms with Crippen LogP contribution in [0.1, 0.15) is 19.3 Å². The minimum absolute atomic E-state index is 0.0162. The summed E-state index contributed by atoms with van der Waals surface area (Å²) in [5.74, 6) is -0.320. The first-order valence-electron chi connectivity index (χ1n) is 12.1. The number of anilines is 3. The molecule has 0 radical (unpaired) electrons. The van der Waals surface area contributed by atoms with Crippen LogP contribution in [-0.4, -0.2) is 34.8 Å². The number of para-hydroxylation sites is 1. The number of rotatable bonds is 7. The van der Waals surface area contributed by atoms with Crippen LogP contribution in [0.4, 0.5) is 17.2 Å². The average molecular weight is 498 g/mol. The van der Waals surface area contributed by atoms with Gasteiger partial charge in [0.05, 0.1) is 5.69 Å². The zero-order chi connectivity index (χ0) is 25.9. The standard InChI is InChI=1S/C28H27N5O4/c1-18-25(28(36)33(32(18)2)21-9-4-3-5-10-21)27(35)30-20-11-13-22(14-12-20)37-23-15-16-29-24(17-23)31-26(34)19-7-6-8-19/h3-5,9-17,19,25H,1,6-8H2,2H3,(H,30,35)(H,29,31,34). The number of pyridine rings is 1. The van der Waals surface area contributed by atoms with Gasteiger partial charge in [-0.05, 0) is 55.3 Å². The minimum Gasteiger partial charge on any atom is -0.457 e. The van der Waals surface area contributed by atoms with Crippen LogP contribution < -0.4 is 20.4 Å². The van der Waals surface area contributed by atoms with Crippen molar-refractivity contribution in [2.75, 3.05) is 22.7 Å². The van der Waals surface area contributed by atoms with E-state index >= 15 is 0 Å². The van der Waals surface area contributed by atoms with E-state index in [2.05, 4.69) is 22.2 Å². The van der Waals surface area contributed by atoms with E-state index in [0.29, 0.717) is 34.4 Å². The van der Waals surface area contributed by atoms with Crippen LogP contribution in [0.2, 0.25) is 0 Å². The van der Waals surface area contributed by atoms with Gasteiger partial charge in [0.25, 0.3) is 5.91 Å². The maximum absolute atomic E-state index is 13.1. The third-order valence-corrected chi connectivity index (χ3v) is 6.58. The highest BCUT2D eigenvalue weighted by Gasteiger charge is 2.44. The van der Waals surface area contributed by atoms with E-state index < -0.39 is 11.8 Å². The van der Waals surface area contributed by atoms with E-state index in [1.165, 1.54) is 5.01 Å². The molecule has 188 valence electrons. The number of benzene rings is 2. The van der Waals surface area contributed by atoms with Crippen LogP contribution in [0.25, 0.3) is 0 Å². The van der Waals surface area contributed by atoms with Crippen LogP contribution in [0, 0.1) is 11.8 Å². The molecule has 1 aliphatic heterocycles. The summed E-state index contributed by atoms with van der Waals surface area (Å²) < 4.78 is 5.89. The van der Waals surface area contributed by atoms with Crippen molar-refractivity contribution in [3.63, 3.8) is 0 Å². The number of aromatic nitrogens is 1. The van der Waals surface area contributed by atoms with Gasteiger partial charge in [-0.2, -0.15) is 0 Å². The molecule has 9 nitrogen and oxygen atoms in total. The lowest BCUT2D eigenvalue weighted by Crippen LogP contribution is -2.37.